The van der Waals surface area contributed by atoms with Crippen molar-refractivity contribution in [2.75, 3.05) is 0 Å². The zero-order valence-electron chi connectivity index (χ0n) is 5.78. The minimum atomic E-state index is 0.925. The minimum Gasteiger partial charge on any atom is -0.0651 e. The summed E-state index contributed by atoms with van der Waals surface area (Å²) in [4.78, 5) is 0. The SMILES string of the molecule is CCC1C(C)C12CC2. The largest absolute Gasteiger partial charge is 0.0651 e. The van der Waals surface area contributed by atoms with Crippen molar-refractivity contribution in [1.29, 1.82) is 0 Å². The summed E-state index contributed by atoms with van der Waals surface area (Å²) in [6, 6.07) is 0. The Morgan fingerprint density at radius 1 is 1.50 bits per heavy atom. The fraction of sp³-hybridized carbons (Fsp3) is 1.00. The Labute approximate surface area is 51.3 Å². The lowest BCUT2D eigenvalue weighted by Crippen LogP contribution is -1.72. The van der Waals surface area contributed by atoms with Gasteiger partial charge in [0.15, 0.2) is 0 Å². The molecule has 2 aliphatic rings. The molecular formula is C8H14. The molecule has 2 atom stereocenters. The van der Waals surface area contributed by atoms with Crippen LogP contribution < -0.4 is 0 Å². The second-order valence-electron chi connectivity index (χ2n) is 3.54. The van der Waals surface area contributed by atoms with Gasteiger partial charge in [-0.25, -0.2) is 0 Å². The summed E-state index contributed by atoms with van der Waals surface area (Å²) in [5.41, 5.74) is 0.925. The minimum absolute atomic E-state index is 0.925. The molecule has 2 fully saturated rings. The quantitative estimate of drug-likeness (QED) is 0.486. The zero-order chi connectivity index (χ0) is 5.78. The molecule has 0 aromatic heterocycles. The first-order valence-electron chi connectivity index (χ1n) is 3.81. The van der Waals surface area contributed by atoms with Crippen molar-refractivity contribution in [3.63, 3.8) is 0 Å². The molecule has 0 saturated heterocycles. The summed E-state index contributed by atoms with van der Waals surface area (Å²) in [6.45, 7) is 4.75. The van der Waals surface area contributed by atoms with Crippen LogP contribution in [0.5, 0.6) is 0 Å². The molecule has 2 unspecified atom stereocenters. The molecule has 2 saturated carbocycles. The lowest BCUT2D eigenvalue weighted by Gasteiger charge is -1.82. The first-order valence-corrected chi connectivity index (χ1v) is 3.81. The van der Waals surface area contributed by atoms with E-state index in [0.29, 0.717) is 0 Å². The van der Waals surface area contributed by atoms with E-state index in [9.17, 15) is 0 Å². The standard InChI is InChI=1S/C8H14/c1-3-7-6(2)8(7)4-5-8/h6-7H,3-5H2,1-2H3. The monoisotopic (exact) mass is 110 g/mol. The number of hydrogen-bond donors (Lipinski definition) is 0. The third-order valence-electron chi connectivity index (χ3n) is 3.41. The van der Waals surface area contributed by atoms with Crippen LogP contribution in [-0.2, 0) is 0 Å². The molecule has 0 amide bonds. The first kappa shape index (κ1) is 4.84. The van der Waals surface area contributed by atoms with Crippen molar-refractivity contribution < 1.29 is 0 Å². The summed E-state index contributed by atoms with van der Waals surface area (Å²) >= 11 is 0. The average Bonchev–Trinajstić information content (AvgIpc) is 2.57. The summed E-state index contributed by atoms with van der Waals surface area (Å²) in [5, 5.41) is 0. The topological polar surface area (TPSA) is 0 Å². The number of rotatable bonds is 1. The van der Waals surface area contributed by atoms with Crippen molar-refractivity contribution in [3.8, 4) is 0 Å². The van der Waals surface area contributed by atoms with Gasteiger partial charge in [-0.15, -0.1) is 0 Å². The fourth-order valence-electron chi connectivity index (χ4n) is 2.53. The van der Waals surface area contributed by atoms with Gasteiger partial charge in [-0.3, -0.25) is 0 Å². The van der Waals surface area contributed by atoms with E-state index in [1.54, 1.807) is 12.8 Å². The third-order valence-corrected chi connectivity index (χ3v) is 3.41. The van der Waals surface area contributed by atoms with E-state index in [0.717, 1.165) is 17.3 Å². The second-order valence-corrected chi connectivity index (χ2v) is 3.54. The van der Waals surface area contributed by atoms with Gasteiger partial charge in [-0.05, 0) is 30.1 Å². The molecule has 1 spiro atoms. The maximum atomic E-state index is 2.42. The maximum absolute atomic E-state index is 2.42. The maximum Gasteiger partial charge on any atom is -0.0238 e. The summed E-state index contributed by atoms with van der Waals surface area (Å²) in [6.07, 6.45) is 4.53. The predicted octanol–water partition coefficient (Wildman–Crippen LogP) is 2.44. The van der Waals surface area contributed by atoms with Gasteiger partial charge < -0.3 is 0 Å². The Bertz CT molecular complexity index is 111. The molecule has 0 aromatic carbocycles. The van der Waals surface area contributed by atoms with Crippen LogP contribution in [0.4, 0.5) is 0 Å². The van der Waals surface area contributed by atoms with Crippen molar-refractivity contribution in [2.24, 2.45) is 17.3 Å². The Kier molecular flexibility index (Phi) is 0.678. The molecule has 0 heterocycles. The van der Waals surface area contributed by atoms with Gasteiger partial charge in [0, 0.05) is 0 Å². The Balaban J connectivity index is 2.04. The van der Waals surface area contributed by atoms with E-state index in [1.807, 2.05) is 0 Å². The van der Waals surface area contributed by atoms with Gasteiger partial charge in [-0.2, -0.15) is 0 Å². The highest BCUT2D eigenvalue weighted by molar-refractivity contribution is 5.16. The molecule has 0 heteroatoms. The van der Waals surface area contributed by atoms with Crippen molar-refractivity contribution >= 4 is 0 Å². The normalized spacial score (nSPS) is 47.2. The fourth-order valence-corrected chi connectivity index (χ4v) is 2.53. The molecule has 0 aromatic rings. The summed E-state index contributed by atoms with van der Waals surface area (Å²) in [5.74, 6) is 2.22. The van der Waals surface area contributed by atoms with E-state index in [-0.39, 0.29) is 0 Å². The second kappa shape index (κ2) is 1.12. The van der Waals surface area contributed by atoms with Crippen LogP contribution in [0.25, 0.3) is 0 Å². The van der Waals surface area contributed by atoms with E-state index < -0.39 is 0 Å². The van der Waals surface area contributed by atoms with Crippen LogP contribution in [0.2, 0.25) is 0 Å². The van der Waals surface area contributed by atoms with E-state index in [4.69, 9.17) is 0 Å². The highest BCUT2D eigenvalue weighted by atomic mass is 14.7. The molecule has 2 aliphatic carbocycles. The van der Waals surface area contributed by atoms with E-state index in [2.05, 4.69) is 13.8 Å². The Morgan fingerprint density at radius 3 is 2.25 bits per heavy atom. The Morgan fingerprint density at radius 2 is 2.12 bits per heavy atom. The van der Waals surface area contributed by atoms with Crippen LogP contribution in [0.1, 0.15) is 33.1 Å². The zero-order valence-corrected chi connectivity index (χ0v) is 5.78. The van der Waals surface area contributed by atoms with Crippen LogP contribution >= 0.6 is 0 Å². The van der Waals surface area contributed by atoms with Crippen molar-refractivity contribution in [1.82, 2.24) is 0 Å². The molecule has 46 valence electrons. The van der Waals surface area contributed by atoms with Gasteiger partial charge in [0.1, 0.15) is 0 Å². The predicted molar refractivity (Wildman–Crippen MR) is 34.6 cm³/mol. The van der Waals surface area contributed by atoms with Crippen LogP contribution in [-0.4, -0.2) is 0 Å². The summed E-state index contributed by atoms with van der Waals surface area (Å²) in [7, 11) is 0. The molecule has 8 heavy (non-hydrogen) atoms. The molecule has 0 bridgehead atoms. The summed E-state index contributed by atoms with van der Waals surface area (Å²) < 4.78 is 0. The lowest BCUT2D eigenvalue weighted by molar-refractivity contribution is 0.682. The molecule has 0 radical (unpaired) electrons. The Hall–Kier alpha value is 0. The molecule has 0 N–H and O–H groups in total. The van der Waals surface area contributed by atoms with Crippen LogP contribution in [0.3, 0.4) is 0 Å². The third kappa shape index (κ3) is 0.340. The van der Waals surface area contributed by atoms with E-state index >= 15 is 0 Å². The highest BCUT2D eigenvalue weighted by Gasteiger charge is 2.67. The molecule has 0 nitrogen and oxygen atoms in total. The highest BCUT2D eigenvalue weighted by Crippen LogP contribution is 2.75. The van der Waals surface area contributed by atoms with Gasteiger partial charge in [0.2, 0.25) is 0 Å². The lowest BCUT2D eigenvalue weighted by atomic mass is 10.2. The van der Waals surface area contributed by atoms with Crippen molar-refractivity contribution in [2.45, 2.75) is 33.1 Å². The van der Waals surface area contributed by atoms with Gasteiger partial charge in [0.05, 0.1) is 0 Å². The molecular weight excluding hydrogens is 96.1 g/mol. The first-order chi connectivity index (χ1) is 3.81. The average molecular weight is 110 g/mol. The van der Waals surface area contributed by atoms with Crippen molar-refractivity contribution in [3.05, 3.63) is 0 Å². The number of hydrogen-bond acceptors (Lipinski definition) is 0. The molecule has 0 aliphatic heterocycles. The molecule has 2 rings (SSSR count). The van der Waals surface area contributed by atoms with Gasteiger partial charge in [0.25, 0.3) is 0 Å². The van der Waals surface area contributed by atoms with Crippen LogP contribution in [0, 0.1) is 17.3 Å². The van der Waals surface area contributed by atoms with Gasteiger partial charge >= 0.3 is 0 Å². The van der Waals surface area contributed by atoms with Crippen LogP contribution in [0.15, 0.2) is 0 Å². The van der Waals surface area contributed by atoms with Gasteiger partial charge in [-0.1, -0.05) is 20.3 Å². The van der Waals surface area contributed by atoms with E-state index in [1.165, 1.54) is 6.42 Å². The smallest absolute Gasteiger partial charge is 0.0238 e.